The fourth-order valence-electron chi connectivity index (χ4n) is 4.39. The number of hydrogen-bond acceptors (Lipinski definition) is 8. The van der Waals surface area contributed by atoms with E-state index in [0.717, 1.165) is 34.1 Å². The maximum absolute atomic E-state index is 13.7. The number of carbonyl (C=O) groups excluding carboxylic acids is 2. The fraction of sp³-hybridized carbons (Fsp3) is 0.400. The molecule has 10 heteroatoms. The van der Waals surface area contributed by atoms with Gasteiger partial charge in [-0.3, -0.25) is 14.5 Å². The van der Waals surface area contributed by atoms with Gasteiger partial charge >= 0.3 is 0 Å². The van der Waals surface area contributed by atoms with E-state index in [-0.39, 0.29) is 30.2 Å². The standard InChI is InChI=1S/C25H28N4O4S2/c1-18-6-15-35-24(18)20-16-19(22-5-3-14-34-22)26-29(20)23(30)17-28(25(31)21-4-2-11-33-21)8-7-27-9-12-32-13-10-27/h2-6,11,14-15,20H,7-10,12-13,16-17H2,1H3. The van der Waals surface area contributed by atoms with Gasteiger partial charge in [-0.25, -0.2) is 5.01 Å². The molecule has 2 aliphatic rings. The number of ether oxygens (including phenoxy) is 1. The van der Waals surface area contributed by atoms with Gasteiger partial charge < -0.3 is 14.1 Å². The third kappa shape index (κ3) is 5.40. The van der Waals surface area contributed by atoms with Gasteiger partial charge in [0.2, 0.25) is 0 Å². The van der Waals surface area contributed by atoms with E-state index in [1.165, 1.54) is 6.26 Å². The minimum Gasteiger partial charge on any atom is -0.459 e. The van der Waals surface area contributed by atoms with Crippen molar-refractivity contribution < 1.29 is 18.7 Å². The second kappa shape index (κ2) is 10.9. The largest absolute Gasteiger partial charge is 0.459 e. The van der Waals surface area contributed by atoms with Crippen molar-refractivity contribution in [2.45, 2.75) is 19.4 Å². The molecule has 1 unspecified atom stereocenters. The summed E-state index contributed by atoms with van der Waals surface area (Å²) in [6.07, 6.45) is 2.14. The number of carbonyl (C=O) groups is 2. The predicted octanol–water partition coefficient (Wildman–Crippen LogP) is 3.86. The van der Waals surface area contributed by atoms with Gasteiger partial charge in [0.25, 0.3) is 11.8 Å². The van der Waals surface area contributed by atoms with Crippen LogP contribution in [0.1, 0.15) is 38.3 Å². The molecule has 0 N–H and O–H groups in total. The lowest BCUT2D eigenvalue weighted by molar-refractivity contribution is -0.133. The molecule has 3 aromatic heterocycles. The second-order valence-corrected chi connectivity index (χ2v) is 10.5. The molecule has 0 bridgehead atoms. The topological polar surface area (TPSA) is 78.6 Å². The second-order valence-electron chi connectivity index (χ2n) is 8.61. The van der Waals surface area contributed by atoms with Crippen molar-refractivity contribution in [3.8, 4) is 0 Å². The number of thiophene rings is 2. The summed E-state index contributed by atoms with van der Waals surface area (Å²) in [5.74, 6) is -0.256. The zero-order valence-corrected chi connectivity index (χ0v) is 21.2. The summed E-state index contributed by atoms with van der Waals surface area (Å²) in [5.41, 5.74) is 2.06. The third-order valence-electron chi connectivity index (χ3n) is 6.31. The van der Waals surface area contributed by atoms with Crippen molar-refractivity contribution >= 4 is 40.2 Å². The highest BCUT2D eigenvalue weighted by Gasteiger charge is 2.36. The first-order chi connectivity index (χ1) is 17.1. The van der Waals surface area contributed by atoms with Crippen LogP contribution in [0.25, 0.3) is 0 Å². The minimum absolute atomic E-state index is 0.0635. The normalized spacial score (nSPS) is 18.6. The Kier molecular flexibility index (Phi) is 7.43. The molecule has 0 aromatic carbocycles. The summed E-state index contributed by atoms with van der Waals surface area (Å²) in [7, 11) is 0. The molecule has 184 valence electrons. The Balaban J connectivity index is 1.37. The monoisotopic (exact) mass is 512 g/mol. The quantitative estimate of drug-likeness (QED) is 0.458. The molecule has 3 aromatic rings. The summed E-state index contributed by atoms with van der Waals surface area (Å²) in [4.78, 5) is 32.9. The smallest absolute Gasteiger partial charge is 0.290 e. The van der Waals surface area contributed by atoms with Crippen molar-refractivity contribution in [2.24, 2.45) is 5.10 Å². The van der Waals surface area contributed by atoms with E-state index < -0.39 is 0 Å². The molecule has 5 heterocycles. The van der Waals surface area contributed by atoms with E-state index in [1.807, 2.05) is 22.9 Å². The zero-order valence-electron chi connectivity index (χ0n) is 19.6. The lowest BCUT2D eigenvalue weighted by Gasteiger charge is -2.30. The molecule has 1 saturated heterocycles. The van der Waals surface area contributed by atoms with Gasteiger partial charge in [-0.05, 0) is 47.5 Å². The Labute approximate surface area is 212 Å². The van der Waals surface area contributed by atoms with Crippen LogP contribution in [0.2, 0.25) is 0 Å². The van der Waals surface area contributed by atoms with Crippen LogP contribution in [-0.4, -0.2) is 78.3 Å². The van der Waals surface area contributed by atoms with E-state index in [9.17, 15) is 9.59 Å². The van der Waals surface area contributed by atoms with E-state index in [2.05, 4.69) is 17.9 Å². The summed E-state index contributed by atoms with van der Waals surface area (Å²) < 4.78 is 10.8. The molecule has 8 nitrogen and oxygen atoms in total. The molecule has 0 saturated carbocycles. The molecule has 35 heavy (non-hydrogen) atoms. The molecule has 0 radical (unpaired) electrons. The Bertz CT molecular complexity index is 1170. The summed E-state index contributed by atoms with van der Waals surface area (Å²) >= 11 is 3.26. The van der Waals surface area contributed by atoms with Gasteiger partial charge in [0.05, 0.1) is 36.1 Å². The van der Waals surface area contributed by atoms with Crippen LogP contribution in [-0.2, 0) is 9.53 Å². The first kappa shape index (κ1) is 23.9. The SMILES string of the molecule is Cc1ccsc1C1CC(c2cccs2)=NN1C(=O)CN(CCN1CCOCC1)C(=O)c1ccco1. The van der Waals surface area contributed by atoms with Gasteiger partial charge in [0.1, 0.15) is 6.54 Å². The van der Waals surface area contributed by atoms with Crippen LogP contribution in [0.4, 0.5) is 0 Å². The highest BCUT2D eigenvalue weighted by atomic mass is 32.1. The number of morpholine rings is 1. The highest BCUT2D eigenvalue weighted by Crippen LogP contribution is 2.38. The number of nitrogens with zero attached hydrogens (tertiary/aromatic N) is 4. The molecular weight excluding hydrogens is 484 g/mol. The molecule has 1 atom stereocenters. The van der Waals surface area contributed by atoms with E-state index in [0.29, 0.717) is 32.7 Å². The fourth-order valence-corrected chi connectivity index (χ4v) is 6.13. The minimum atomic E-state index is -0.290. The van der Waals surface area contributed by atoms with Crippen molar-refractivity contribution in [3.05, 3.63) is 68.4 Å². The molecule has 5 rings (SSSR count). The van der Waals surface area contributed by atoms with E-state index in [4.69, 9.17) is 14.3 Å². The lowest BCUT2D eigenvalue weighted by atomic mass is 10.1. The lowest BCUT2D eigenvalue weighted by Crippen LogP contribution is -2.46. The van der Waals surface area contributed by atoms with E-state index >= 15 is 0 Å². The van der Waals surface area contributed by atoms with Gasteiger partial charge in [0, 0.05) is 37.5 Å². The number of rotatable bonds is 8. The van der Waals surface area contributed by atoms with Gasteiger partial charge in [-0.2, -0.15) is 5.10 Å². The molecule has 0 spiro atoms. The Morgan fingerprint density at radius 1 is 1.14 bits per heavy atom. The van der Waals surface area contributed by atoms with Crippen LogP contribution in [0, 0.1) is 6.92 Å². The summed E-state index contributed by atoms with van der Waals surface area (Å²) in [6, 6.07) is 9.25. The summed E-state index contributed by atoms with van der Waals surface area (Å²) in [6.45, 7) is 6.08. The van der Waals surface area contributed by atoms with Gasteiger partial charge in [-0.1, -0.05) is 6.07 Å². The van der Waals surface area contributed by atoms with Crippen LogP contribution in [0.3, 0.4) is 0 Å². The van der Waals surface area contributed by atoms with Crippen molar-refractivity contribution in [1.29, 1.82) is 0 Å². The van der Waals surface area contributed by atoms with Gasteiger partial charge in [-0.15, -0.1) is 22.7 Å². The average molecular weight is 513 g/mol. The first-order valence-electron chi connectivity index (χ1n) is 11.7. The number of aryl methyl sites for hydroxylation is 1. The Hall–Kier alpha value is -2.79. The van der Waals surface area contributed by atoms with Crippen molar-refractivity contribution in [2.75, 3.05) is 45.9 Å². The molecular formula is C25H28N4O4S2. The maximum atomic E-state index is 13.7. The third-order valence-corrected chi connectivity index (χ3v) is 8.35. The Morgan fingerprint density at radius 2 is 2.00 bits per heavy atom. The van der Waals surface area contributed by atoms with E-state index in [1.54, 1.807) is 44.7 Å². The average Bonchev–Trinajstić information content (AvgIpc) is 3.68. The summed E-state index contributed by atoms with van der Waals surface area (Å²) in [5, 5.41) is 10.4. The van der Waals surface area contributed by atoms with Crippen LogP contribution >= 0.6 is 22.7 Å². The molecule has 0 aliphatic carbocycles. The number of amides is 2. The molecule has 1 fully saturated rings. The number of hydrogen-bond donors (Lipinski definition) is 0. The van der Waals surface area contributed by atoms with Crippen molar-refractivity contribution in [1.82, 2.24) is 14.8 Å². The maximum Gasteiger partial charge on any atom is 0.290 e. The molecule has 2 aliphatic heterocycles. The molecule has 2 amide bonds. The highest BCUT2D eigenvalue weighted by molar-refractivity contribution is 7.12. The Morgan fingerprint density at radius 3 is 2.69 bits per heavy atom. The predicted molar refractivity (Wildman–Crippen MR) is 136 cm³/mol. The zero-order chi connectivity index (χ0) is 24.2. The van der Waals surface area contributed by atoms with Crippen molar-refractivity contribution in [3.63, 3.8) is 0 Å². The van der Waals surface area contributed by atoms with Gasteiger partial charge in [0.15, 0.2) is 5.76 Å². The van der Waals surface area contributed by atoms with Crippen LogP contribution in [0.5, 0.6) is 0 Å². The van der Waals surface area contributed by atoms with Crippen LogP contribution < -0.4 is 0 Å². The number of furan rings is 1. The van der Waals surface area contributed by atoms with Crippen LogP contribution in [0.15, 0.2) is 56.9 Å². The number of hydrazone groups is 1. The first-order valence-corrected chi connectivity index (χ1v) is 13.5.